The first-order chi connectivity index (χ1) is 3.89. The van der Waals surface area contributed by atoms with Crippen molar-refractivity contribution < 1.29 is 9.90 Å². The van der Waals surface area contributed by atoms with Gasteiger partial charge in [-0.1, -0.05) is 37.0 Å². The summed E-state index contributed by atoms with van der Waals surface area (Å²) in [6.07, 6.45) is 0. The van der Waals surface area contributed by atoms with E-state index in [9.17, 15) is 4.79 Å². The van der Waals surface area contributed by atoms with E-state index in [2.05, 4.69) is 0 Å². The van der Waals surface area contributed by atoms with Crippen LogP contribution in [0.15, 0.2) is 0 Å². The second-order valence-corrected chi connectivity index (χ2v) is 3.47. The Labute approximate surface area is 63.8 Å². The zero-order chi connectivity index (χ0) is 7.65. The number of alkyl halides is 2. The van der Waals surface area contributed by atoms with Crippen molar-refractivity contribution in [3.63, 3.8) is 0 Å². The maximum Gasteiger partial charge on any atom is 0.340 e. The summed E-state index contributed by atoms with van der Waals surface area (Å²) in [6.45, 7) is 3.29. The van der Waals surface area contributed by atoms with E-state index >= 15 is 0 Å². The van der Waals surface area contributed by atoms with Crippen LogP contribution in [0.5, 0.6) is 0 Å². The van der Waals surface area contributed by atoms with Crippen LogP contribution in [0.4, 0.5) is 0 Å². The molecular weight excluding hydrogens is 163 g/mol. The molecule has 1 N–H and O–H groups in total. The molecule has 4 heteroatoms. The average molecular weight is 171 g/mol. The third-order valence-electron chi connectivity index (χ3n) is 1.01. The summed E-state index contributed by atoms with van der Waals surface area (Å²) in [6, 6.07) is 0. The smallest absolute Gasteiger partial charge is 0.340 e. The Morgan fingerprint density at radius 3 is 1.89 bits per heavy atom. The van der Waals surface area contributed by atoms with Gasteiger partial charge < -0.3 is 5.11 Å². The molecule has 0 amide bonds. The van der Waals surface area contributed by atoms with Gasteiger partial charge >= 0.3 is 5.97 Å². The third kappa shape index (κ3) is 2.03. The quantitative estimate of drug-likeness (QED) is 0.644. The van der Waals surface area contributed by atoms with Gasteiger partial charge in [-0.3, -0.25) is 0 Å². The van der Waals surface area contributed by atoms with Crippen LogP contribution >= 0.6 is 23.2 Å². The van der Waals surface area contributed by atoms with E-state index in [0.29, 0.717) is 0 Å². The summed E-state index contributed by atoms with van der Waals surface area (Å²) < 4.78 is -1.64. The van der Waals surface area contributed by atoms with Gasteiger partial charge in [0.15, 0.2) is 0 Å². The van der Waals surface area contributed by atoms with Crippen molar-refractivity contribution in [3.8, 4) is 0 Å². The van der Waals surface area contributed by atoms with E-state index in [-0.39, 0.29) is 5.92 Å². The van der Waals surface area contributed by atoms with Gasteiger partial charge in [0.2, 0.25) is 4.33 Å². The highest BCUT2D eigenvalue weighted by molar-refractivity contribution is 6.57. The summed E-state index contributed by atoms with van der Waals surface area (Å²) >= 11 is 10.7. The van der Waals surface area contributed by atoms with Crippen LogP contribution < -0.4 is 0 Å². The average Bonchev–Trinajstić information content (AvgIpc) is 1.65. The van der Waals surface area contributed by atoms with Crippen molar-refractivity contribution in [2.24, 2.45) is 5.92 Å². The Hall–Kier alpha value is 0.0500. The van der Waals surface area contributed by atoms with Gasteiger partial charge in [0, 0.05) is 0 Å². The van der Waals surface area contributed by atoms with Gasteiger partial charge in [0.05, 0.1) is 0 Å². The minimum Gasteiger partial charge on any atom is -0.479 e. The van der Waals surface area contributed by atoms with Crippen LogP contribution in [0.3, 0.4) is 0 Å². The maximum atomic E-state index is 10.2. The monoisotopic (exact) mass is 170 g/mol. The Kier molecular flexibility index (Phi) is 2.77. The first-order valence-corrected chi connectivity index (χ1v) is 3.26. The van der Waals surface area contributed by atoms with E-state index in [1.54, 1.807) is 13.8 Å². The molecule has 0 radical (unpaired) electrons. The SMILES string of the molecule is CC(C)C(Cl)(Cl)C(=O)O. The number of carbonyl (C=O) groups is 1. The molecule has 2 nitrogen and oxygen atoms in total. The molecule has 0 aliphatic rings. The Morgan fingerprint density at radius 1 is 1.56 bits per heavy atom. The second kappa shape index (κ2) is 2.76. The summed E-state index contributed by atoms with van der Waals surface area (Å²) in [5, 5.41) is 8.35. The Bertz CT molecular complexity index is 120. The zero-order valence-corrected chi connectivity index (χ0v) is 6.70. The van der Waals surface area contributed by atoms with Crippen molar-refractivity contribution in [2.75, 3.05) is 0 Å². The molecule has 0 fully saturated rings. The molecule has 0 saturated carbocycles. The molecule has 0 aromatic heterocycles. The van der Waals surface area contributed by atoms with Crippen LogP contribution in [-0.2, 0) is 4.79 Å². The highest BCUT2D eigenvalue weighted by Gasteiger charge is 2.36. The summed E-state index contributed by atoms with van der Waals surface area (Å²) in [4.78, 5) is 10.2. The number of aliphatic carboxylic acids is 1. The minimum absolute atomic E-state index is 0.279. The summed E-state index contributed by atoms with van der Waals surface area (Å²) in [7, 11) is 0. The maximum absolute atomic E-state index is 10.2. The predicted octanol–water partition coefficient (Wildman–Crippen LogP) is 1.90. The molecular formula is C5H8Cl2O2. The van der Waals surface area contributed by atoms with Crippen molar-refractivity contribution in [1.82, 2.24) is 0 Å². The van der Waals surface area contributed by atoms with Crippen molar-refractivity contribution in [2.45, 2.75) is 18.2 Å². The number of carboxylic acids is 1. The largest absolute Gasteiger partial charge is 0.479 e. The lowest BCUT2D eigenvalue weighted by atomic mass is 10.1. The molecule has 0 aromatic rings. The van der Waals surface area contributed by atoms with Crippen LogP contribution in [0, 0.1) is 5.92 Å². The fourth-order valence-corrected chi connectivity index (χ4v) is 0.247. The highest BCUT2D eigenvalue weighted by Crippen LogP contribution is 2.29. The molecule has 0 heterocycles. The molecule has 0 rings (SSSR count). The van der Waals surface area contributed by atoms with Gasteiger partial charge in [-0.2, -0.15) is 0 Å². The van der Waals surface area contributed by atoms with Crippen LogP contribution in [0.25, 0.3) is 0 Å². The van der Waals surface area contributed by atoms with Crippen LogP contribution in [0.2, 0.25) is 0 Å². The lowest BCUT2D eigenvalue weighted by Gasteiger charge is -2.17. The van der Waals surface area contributed by atoms with Crippen molar-refractivity contribution >= 4 is 29.2 Å². The molecule has 0 aliphatic carbocycles. The van der Waals surface area contributed by atoms with Crippen molar-refractivity contribution in [1.29, 1.82) is 0 Å². The highest BCUT2D eigenvalue weighted by atomic mass is 35.5. The topological polar surface area (TPSA) is 37.3 Å². The fourth-order valence-electron chi connectivity index (χ4n) is 0.247. The Balaban J connectivity index is 4.19. The first-order valence-electron chi connectivity index (χ1n) is 2.50. The van der Waals surface area contributed by atoms with Gasteiger partial charge in [-0.15, -0.1) is 0 Å². The Morgan fingerprint density at radius 2 is 1.89 bits per heavy atom. The number of hydrogen-bond acceptors (Lipinski definition) is 1. The van der Waals surface area contributed by atoms with E-state index in [1.807, 2.05) is 0 Å². The lowest BCUT2D eigenvalue weighted by molar-refractivity contribution is -0.138. The van der Waals surface area contributed by atoms with Crippen molar-refractivity contribution in [3.05, 3.63) is 0 Å². The molecule has 54 valence electrons. The molecule has 0 aliphatic heterocycles. The third-order valence-corrected chi connectivity index (χ3v) is 2.21. The minimum atomic E-state index is -1.64. The van der Waals surface area contributed by atoms with Gasteiger partial charge in [-0.25, -0.2) is 4.79 Å². The number of hydrogen-bond donors (Lipinski definition) is 1. The van der Waals surface area contributed by atoms with E-state index < -0.39 is 10.3 Å². The number of halogens is 2. The fraction of sp³-hybridized carbons (Fsp3) is 0.800. The van der Waals surface area contributed by atoms with E-state index in [1.165, 1.54) is 0 Å². The molecule has 9 heavy (non-hydrogen) atoms. The number of carboxylic acid groups (broad SMARTS) is 1. The standard InChI is InChI=1S/C5H8Cl2O2/c1-3(2)5(6,7)4(8)9/h3H,1-2H3,(H,8,9). The van der Waals surface area contributed by atoms with Gasteiger partial charge in [-0.05, 0) is 5.92 Å². The molecule has 0 spiro atoms. The summed E-state index contributed by atoms with van der Waals surface area (Å²) in [5.41, 5.74) is 0. The molecule has 0 aromatic carbocycles. The van der Waals surface area contributed by atoms with Gasteiger partial charge in [0.1, 0.15) is 0 Å². The second-order valence-electron chi connectivity index (χ2n) is 2.08. The summed E-state index contributed by atoms with van der Waals surface area (Å²) in [5.74, 6) is -1.47. The molecule has 0 unspecified atom stereocenters. The van der Waals surface area contributed by atoms with E-state index in [0.717, 1.165) is 0 Å². The molecule has 0 saturated heterocycles. The molecule has 0 atom stereocenters. The van der Waals surface area contributed by atoms with Crippen LogP contribution in [0.1, 0.15) is 13.8 Å². The van der Waals surface area contributed by atoms with E-state index in [4.69, 9.17) is 28.3 Å². The lowest BCUT2D eigenvalue weighted by Crippen LogP contribution is -2.31. The number of rotatable bonds is 2. The predicted molar refractivity (Wildman–Crippen MR) is 36.9 cm³/mol. The molecule has 0 bridgehead atoms. The van der Waals surface area contributed by atoms with Crippen LogP contribution in [-0.4, -0.2) is 15.4 Å². The zero-order valence-electron chi connectivity index (χ0n) is 5.19. The first kappa shape index (κ1) is 9.05. The normalized spacial score (nSPS) is 12.1. The van der Waals surface area contributed by atoms with Gasteiger partial charge in [0.25, 0.3) is 0 Å².